The average molecular weight is 462 g/mol. The third kappa shape index (κ3) is 8.33. The fourth-order valence-electron chi connectivity index (χ4n) is 3.25. The van der Waals surface area contributed by atoms with Crippen molar-refractivity contribution in [2.24, 2.45) is 0 Å². The van der Waals surface area contributed by atoms with Gasteiger partial charge in [0, 0.05) is 11.8 Å². The second-order valence-corrected chi connectivity index (χ2v) is 8.85. The summed E-state index contributed by atoms with van der Waals surface area (Å²) in [5.41, 5.74) is 8.06. The van der Waals surface area contributed by atoms with Crippen molar-refractivity contribution in [2.45, 2.75) is 45.3 Å². The van der Waals surface area contributed by atoms with Crippen LogP contribution < -0.4 is 10.9 Å². The Balaban J connectivity index is 1.60. The molecule has 0 radical (unpaired) electrons. The largest absolute Gasteiger partial charge is 0.457 e. The molecule has 1 atom stereocenters. The number of nitrogens with zero attached hydrogens (tertiary/aromatic N) is 1. The van der Waals surface area contributed by atoms with Gasteiger partial charge in [0.15, 0.2) is 0 Å². The Hall–Kier alpha value is -3.71. The maximum absolute atomic E-state index is 12.8. The molecule has 3 rings (SSSR count). The van der Waals surface area contributed by atoms with Crippen LogP contribution in [0.5, 0.6) is 0 Å². The first-order chi connectivity index (χ1) is 16.3. The van der Waals surface area contributed by atoms with Crippen molar-refractivity contribution in [1.82, 2.24) is 15.8 Å². The van der Waals surface area contributed by atoms with E-state index in [1.165, 1.54) is 0 Å². The van der Waals surface area contributed by atoms with Crippen LogP contribution in [0.15, 0.2) is 79.0 Å². The molecule has 0 bridgehead atoms. The standard InChI is InChI=1S/C27H31N3O4/c1-27(2,3)34-26(32)30-29-19-23(17-12-20-9-5-4-6-10-20)33-25(31)22-15-13-21(14-16-22)24-11-7-8-18-28-24/h4-11,13-16,18,23,29H,12,17,19H2,1-3H3,(H,30,32)/t23-/m0/s1. The number of aryl methyl sites for hydroxylation is 1. The molecule has 0 spiro atoms. The molecule has 3 aromatic rings. The van der Waals surface area contributed by atoms with Crippen LogP contribution in [0.1, 0.15) is 43.1 Å². The fourth-order valence-corrected chi connectivity index (χ4v) is 3.25. The summed E-state index contributed by atoms with van der Waals surface area (Å²) in [6, 6.07) is 22.8. The summed E-state index contributed by atoms with van der Waals surface area (Å²) in [4.78, 5) is 29.1. The Kier molecular flexibility index (Phi) is 8.76. The summed E-state index contributed by atoms with van der Waals surface area (Å²) < 4.78 is 11.0. The Morgan fingerprint density at radius 2 is 1.65 bits per heavy atom. The Bertz CT molecular complexity index is 1050. The van der Waals surface area contributed by atoms with Gasteiger partial charge in [-0.05, 0) is 63.4 Å². The van der Waals surface area contributed by atoms with E-state index in [1.807, 2.05) is 60.7 Å². The lowest BCUT2D eigenvalue weighted by Gasteiger charge is -2.22. The van der Waals surface area contributed by atoms with Gasteiger partial charge in [-0.15, -0.1) is 0 Å². The first kappa shape index (κ1) is 24.9. The van der Waals surface area contributed by atoms with E-state index in [1.54, 1.807) is 39.1 Å². The maximum Gasteiger partial charge on any atom is 0.422 e. The van der Waals surface area contributed by atoms with Crippen LogP contribution in [0.4, 0.5) is 4.79 Å². The SMILES string of the molecule is CC(C)(C)OC(=O)NNC[C@H](CCc1ccccc1)OC(=O)c1ccc(-c2ccccn2)cc1. The van der Waals surface area contributed by atoms with Gasteiger partial charge in [0.05, 0.1) is 17.8 Å². The molecule has 34 heavy (non-hydrogen) atoms. The van der Waals surface area contributed by atoms with Crippen molar-refractivity contribution in [3.05, 3.63) is 90.1 Å². The Morgan fingerprint density at radius 3 is 2.29 bits per heavy atom. The molecular weight excluding hydrogens is 430 g/mol. The number of amides is 1. The van der Waals surface area contributed by atoms with Crippen molar-refractivity contribution in [3.63, 3.8) is 0 Å². The number of ether oxygens (including phenoxy) is 2. The third-order valence-corrected chi connectivity index (χ3v) is 4.87. The summed E-state index contributed by atoms with van der Waals surface area (Å²) >= 11 is 0. The Morgan fingerprint density at radius 1 is 0.941 bits per heavy atom. The minimum absolute atomic E-state index is 0.240. The second-order valence-electron chi connectivity index (χ2n) is 8.85. The van der Waals surface area contributed by atoms with Gasteiger partial charge in [-0.25, -0.2) is 15.0 Å². The molecule has 2 N–H and O–H groups in total. The smallest absolute Gasteiger partial charge is 0.422 e. The number of carbonyl (C=O) groups is 2. The van der Waals surface area contributed by atoms with E-state index >= 15 is 0 Å². The monoisotopic (exact) mass is 461 g/mol. The number of pyridine rings is 1. The number of carbonyl (C=O) groups excluding carboxylic acids is 2. The number of aromatic nitrogens is 1. The van der Waals surface area contributed by atoms with Crippen molar-refractivity contribution in [2.75, 3.05) is 6.54 Å². The second kappa shape index (κ2) is 12.0. The van der Waals surface area contributed by atoms with Crippen LogP contribution >= 0.6 is 0 Å². The van der Waals surface area contributed by atoms with Crippen molar-refractivity contribution in [1.29, 1.82) is 0 Å². The number of hydrazine groups is 1. The van der Waals surface area contributed by atoms with E-state index in [-0.39, 0.29) is 6.54 Å². The zero-order chi connectivity index (χ0) is 24.4. The van der Waals surface area contributed by atoms with Gasteiger partial charge in [-0.1, -0.05) is 48.5 Å². The summed E-state index contributed by atoms with van der Waals surface area (Å²) in [7, 11) is 0. The minimum Gasteiger partial charge on any atom is -0.457 e. The number of nitrogens with one attached hydrogen (secondary N) is 2. The number of rotatable bonds is 9. The van der Waals surface area contributed by atoms with Crippen molar-refractivity contribution >= 4 is 12.1 Å². The van der Waals surface area contributed by atoms with E-state index < -0.39 is 23.8 Å². The molecule has 0 aliphatic rings. The van der Waals surface area contributed by atoms with Crippen LogP contribution in [0.2, 0.25) is 0 Å². The first-order valence-corrected chi connectivity index (χ1v) is 11.3. The van der Waals surface area contributed by atoms with Gasteiger partial charge in [-0.3, -0.25) is 10.4 Å². The number of hydrogen-bond donors (Lipinski definition) is 2. The zero-order valence-corrected chi connectivity index (χ0v) is 19.8. The summed E-state index contributed by atoms with van der Waals surface area (Å²) in [5.74, 6) is -0.426. The van der Waals surface area contributed by atoms with Gasteiger partial charge in [0.25, 0.3) is 0 Å². The number of esters is 1. The topological polar surface area (TPSA) is 89.5 Å². The van der Waals surface area contributed by atoms with E-state index in [4.69, 9.17) is 9.47 Å². The van der Waals surface area contributed by atoms with Crippen molar-refractivity contribution < 1.29 is 19.1 Å². The lowest BCUT2D eigenvalue weighted by Crippen LogP contribution is -2.45. The van der Waals surface area contributed by atoms with E-state index in [0.29, 0.717) is 12.0 Å². The molecule has 178 valence electrons. The van der Waals surface area contributed by atoms with Gasteiger partial charge in [0.2, 0.25) is 0 Å². The molecular formula is C27H31N3O4. The molecule has 0 aliphatic heterocycles. The first-order valence-electron chi connectivity index (χ1n) is 11.3. The Labute approximate surface area is 200 Å². The zero-order valence-electron chi connectivity index (χ0n) is 19.8. The molecule has 1 heterocycles. The lowest BCUT2D eigenvalue weighted by molar-refractivity contribution is 0.0262. The summed E-state index contributed by atoms with van der Waals surface area (Å²) in [5, 5.41) is 0. The van der Waals surface area contributed by atoms with Gasteiger partial charge in [-0.2, -0.15) is 0 Å². The molecule has 0 fully saturated rings. The van der Waals surface area contributed by atoms with Crippen LogP contribution in [0.3, 0.4) is 0 Å². The normalized spacial score (nSPS) is 12.0. The predicted molar refractivity (Wildman–Crippen MR) is 131 cm³/mol. The molecule has 1 amide bonds. The van der Waals surface area contributed by atoms with Gasteiger partial charge in [0.1, 0.15) is 11.7 Å². The van der Waals surface area contributed by atoms with Crippen LogP contribution in [0, 0.1) is 0 Å². The molecule has 1 aromatic heterocycles. The average Bonchev–Trinajstić information content (AvgIpc) is 2.82. The molecule has 0 saturated carbocycles. The third-order valence-electron chi connectivity index (χ3n) is 4.87. The molecule has 7 nitrogen and oxygen atoms in total. The van der Waals surface area contributed by atoms with E-state index in [2.05, 4.69) is 15.8 Å². The molecule has 7 heteroatoms. The quantitative estimate of drug-likeness (QED) is 0.347. The predicted octanol–water partition coefficient (Wildman–Crippen LogP) is 4.94. The maximum atomic E-state index is 12.8. The highest BCUT2D eigenvalue weighted by Crippen LogP contribution is 2.18. The molecule has 0 unspecified atom stereocenters. The van der Waals surface area contributed by atoms with Gasteiger partial charge >= 0.3 is 12.1 Å². The molecule has 2 aromatic carbocycles. The van der Waals surface area contributed by atoms with Gasteiger partial charge < -0.3 is 9.47 Å². The highest BCUT2D eigenvalue weighted by atomic mass is 16.6. The van der Waals surface area contributed by atoms with Crippen LogP contribution in [-0.2, 0) is 15.9 Å². The fraction of sp³-hybridized carbons (Fsp3) is 0.296. The van der Waals surface area contributed by atoms with E-state index in [9.17, 15) is 9.59 Å². The molecule has 0 aliphatic carbocycles. The van der Waals surface area contributed by atoms with Crippen LogP contribution in [0.25, 0.3) is 11.3 Å². The lowest BCUT2D eigenvalue weighted by atomic mass is 10.1. The number of benzene rings is 2. The van der Waals surface area contributed by atoms with Crippen molar-refractivity contribution in [3.8, 4) is 11.3 Å². The summed E-state index contributed by atoms with van der Waals surface area (Å²) in [6.07, 6.45) is 1.99. The highest BCUT2D eigenvalue weighted by molar-refractivity contribution is 5.90. The number of hydrogen-bond acceptors (Lipinski definition) is 6. The summed E-state index contributed by atoms with van der Waals surface area (Å²) in [6.45, 7) is 5.60. The van der Waals surface area contributed by atoms with E-state index in [0.717, 1.165) is 23.2 Å². The minimum atomic E-state index is -0.605. The molecule has 0 saturated heterocycles. The highest BCUT2D eigenvalue weighted by Gasteiger charge is 2.19. The van der Waals surface area contributed by atoms with Crippen LogP contribution in [-0.4, -0.2) is 35.3 Å².